The minimum Gasteiger partial charge on any atom is -0.389 e. The maximum atomic E-state index is 13.5. The first-order valence-corrected chi connectivity index (χ1v) is 6.29. The summed E-state index contributed by atoms with van der Waals surface area (Å²) in [5, 5.41) is 2.48. The monoisotopic (exact) mass is 309 g/mol. The molecule has 0 spiro atoms. The van der Waals surface area contributed by atoms with E-state index in [9.17, 15) is 9.18 Å². The van der Waals surface area contributed by atoms with E-state index in [0.717, 1.165) is 0 Å². The summed E-state index contributed by atoms with van der Waals surface area (Å²) in [6, 6.07) is 7.13. The molecule has 102 valence electrons. The summed E-state index contributed by atoms with van der Waals surface area (Å²) >= 11 is 10.6. The lowest BCUT2D eigenvalue weighted by molar-refractivity contribution is 0.102. The number of nitrogens with one attached hydrogen (secondary N) is 1. The average Bonchev–Trinajstić information content (AvgIpc) is 2.43. The molecule has 1 aromatic heterocycles. The highest BCUT2D eigenvalue weighted by Gasteiger charge is 2.13. The van der Waals surface area contributed by atoms with E-state index >= 15 is 0 Å². The summed E-state index contributed by atoms with van der Waals surface area (Å²) < 4.78 is 13.5. The predicted octanol–water partition coefficient (Wildman–Crippen LogP) is 2.76. The number of aromatic nitrogens is 1. The van der Waals surface area contributed by atoms with Crippen molar-refractivity contribution >= 4 is 40.4 Å². The molecule has 2 aromatic rings. The molecule has 0 aliphatic carbocycles. The average molecular weight is 310 g/mol. The number of anilines is 1. The van der Waals surface area contributed by atoms with Crippen molar-refractivity contribution in [2.75, 3.05) is 5.32 Å². The Hall–Kier alpha value is -2.05. The highest BCUT2D eigenvalue weighted by Crippen LogP contribution is 2.24. The third kappa shape index (κ3) is 3.09. The fourth-order valence-corrected chi connectivity index (χ4v) is 1.80. The molecule has 0 radical (unpaired) electrons. The van der Waals surface area contributed by atoms with Crippen LogP contribution in [0.2, 0.25) is 5.02 Å². The van der Waals surface area contributed by atoms with Crippen LogP contribution >= 0.6 is 23.8 Å². The number of hydrogen-bond donors (Lipinski definition) is 2. The second-order valence-corrected chi connectivity index (χ2v) is 4.69. The third-order valence-corrected chi connectivity index (χ3v) is 3.03. The zero-order valence-corrected chi connectivity index (χ0v) is 11.6. The van der Waals surface area contributed by atoms with Crippen molar-refractivity contribution in [2.45, 2.75) is 0 Å². The van der Waals surface area contributed by atoms with E-state index in [1.165, 1.54) is 30.5 Å². The summed E-state index contributed by atoms with van der Waals surface area (Å²) in [7, 11) is 0. The fourth-order valence-electron chi connectivity index (χ4n) is 1.47. The molecule has 0 aliphatic rings. The Labute approximate surface area is 124 Å². The maximum Gasteiger partial charge on any atom is 0.274 e. The first-order valence-electron chi connectivity index (χ1n) is 5.50. The van der Waals surface area contributed by atoms with E-state index < -0.39 is 11.7 Å². The normalized spacial score (nSPS) is 10.1. The van der Waals surface area contributed by atoms with Gasteiger partial charge in [-0.15, -0.1) is 0 Å². The number of amides is 1. The van der Waals surface area contributed by atoms with Gasteiger partial charge >= 0.3 is 0 Å². The van der Waals surface area contributed by atoms with Gasteiger partial charge in [-0.1, -0.05) is 29.9 Å². The number of nitrogens with zero attached hydrogens (tertiary/aromatic N) is 1. The van der Waals surface area contributed by atoms with Gasteiger partial charge in [-0.05, 0) is 24.3 Å². The molecule has 1 aromatic carbocycles. The molecule has 0 atom stereocenters. The summed E-state index contributed by atoms with van der Waals surface area (Å²) in [5.74, 6) is -1.20. The van der Waals surface area contributed by atoms with Crippen LogP contribution in [-0.4, -0.2) is 15.9 Å². The lowest BCUT2D eigenvalue weighted by atomic mass is 10.2. The number of carbonyl (C=O) groups is 1. The number of para-hydroxylation sites is 1. The van der Waals surface area contributed by atoms with Crippen molar-refractivity contribution in [3.63, 3.8) is 0 Å². The smallest absolute Gasteiger partial charge is 0.274 e. The van der Waals surface area contributed by atoms with Crippen molar-refractivity contribution in [3.05, 3.63) is 58.6 Å². The van der Waals surface area contributed by atoms with E-state index in [1.54, 1.807) is 6.07 Å². The topological polar surface area (TPSA) is 68.0 Å². The van der Waals surface area contributed by atoms with Gasteiger partial charge < -0.3 is 11.1 Å². The van der Waals surface area contributed by atoms with E-state index in [-0.39, 0.29) is 21.4 Å². The maximum absolute atomic E-state index is 13.5. The highest BCUT2D eigenvalue weighted by molar-refractivity contribution is 7.80. The Morgan fingerprint density at radius 3 is 2.65 bits per heavy atom. The number of halogens is 2. The van der Waals surface area contributed by atoms with Gasteiger partial charge in [0.15, 0.2) is 0 Å². The Morgan fingerprint density at radius 1 is 1.35 bits per heavy atom. The molecule has 0 saturated carbocycles. The quantitative estimate of drug-likeness (QED) is 0.856. The third-order valence-electron chi connectivity index (χ3n) is 2.48. The summed E-state index contributed by atoms with van der Waals surface area (Å²) in [6.07, 6.45) is 1.38. The zero-order chi connectivity index (χ0) is 14.7. The van der Waals surface area contributed by atoms with Crippen LogP contribution in [-0.2, 0) is 0 Å². The van der Waals surface area contributed by atoms with Gasteiger partial charge in [0.05, 0.1) is 10.7 Å². The number of benzene rings is 1. The Morgan fingerprint density at radius 2 is 2.10 bits per heavy atom. The van der Waals surface area contributed by atoms with Crippen molar-refractivity contribution in [1.82, 2.24) is 4.98 Å². The Kier molecular flexibility index (Phi) is 4.26. The van der Waals surface area contributed by atoms with Gasteiger partial charge in [-0.25, -0.2) is 4.39 Å². The predicted molar refractivity (Wildman–Crippen MR) is 79.5 cm³/mol. The van der Waals surface area contributed by atoms with E-state index in [2.05, 4.69) is 10.3 Å². The van der Waals surface area contributed by atoms with Gasteiger partial charge in [0, 0.05) is 11.8 Å². The van der Waals surface area contributed by atoms with E-state index in [1.807, 2.05) is 0 Å². The van der Waals surface area contributed by atoms with Crippen LogP contribution in [0.15, 0.2) is 36.5 Å². The highest BCUT2D eigenvalue weighted by atomic mass is 35.5. The minimum absolute atomic E-state index is 0.0839. The lowest BCUT2D eigenvalue weighted by Crippen LogP contribution is -2.16. The number of pyridine rings is 1. The summed E-state index contributed by atoms with van der Waals surface area (Å²) in [6.45, 7) is 0. The molecule has 2 rings (SSSR count). The van der Waals surface area contributed by atoms with Crippen LogP contribution in [0.4, 0.5) is 10.1 Å². The molecule has 0 unspecified atom stereocenters. The molecular weight excluding hydrogens is 301 g/mol. The first kappa shape index (κ1) is 14.4. The van der Waals surface area contributed by atoms with Crippen LogP contribution in [0.3, 0.4) is 0 Å². The Balaban J connectivity index is 2.22. The molecule has 1 heterocycles. The largest absolute Gasteiger partial charge is 0.389 e. The molecular formula is C13H9ClFN3OS. The Bertz CT molecular complexity index is 656. The fraction of sp³-hybridized carbons (Fsp3) is 0. The molecule has 7 heteroatoms. The van der Waals surface area contributed by atoms with Crippen LogP contribution in [0.1, 0.15) is 16.1 Å². The second kappa shape index (κ2) is 5.94. The number of nitrogens with two attached hydrogens (primary N) is 1. The van der Waals surface area contributed by atoms with E-state index in [4.69, 9.17) is 29.6 Å². The van der Waals surface area contributed by atoms with Gasteiger partial charge in [0.25, 0.3) is 5.91 Å². The first-order chi connectivity index (χ1) is 9.49. The molecule has 0 aliphatic heterocycles. The molecule has 0 fully saturated rings. The van der Waals surface area contributed by atoms with Crippen molar-refractivity contribution in [1.29, 1.82) is 0 Å². The minimum atomic E-state index is -0.620. The van der Waals surface area contributed by atoms with E-state index in [0.29, 0.717) is 5.56 Å². The van der Waals surface area contributed by atoms with Crippen LogP contribution in [0.5, 0.6) is 0 Å². The number of hydrogen-bond acceptors (Lipinski definition) is 3. The molecule has 1 amide bonds. The molecule has 4 nitrogen and oxygen atoms in total. The van der Waals surface area contributed by atoms with Crippen molar-refractivity contribution in [2.24, 2.45) is 5.73 Å². The molecule has 20 heavy (non-hydrogen) atoms. The van der Waals surface area contributed by atoms with Crippen LogP contribution < -0.4 is 11.1 Å². The zero-order valence-electron chi connectivity index (χ0n) is 10.1. The van der Waals surface area contributed by atoms with Gasteiger partial charge in [-0.3, -0.25) is 9.78 Å². The summed E-state index contributed by atoms with van der Waals surface area (Å²) in [5.41, 5.74) is 5.99. The number of thiocarbonyl (C=S) groups is 1. The van der Waals surface area contributed by atoms with Crippen molar-refractivity contribution < 1.29 is 9.18 Å². The molecule has 3 N–H and O–H groups in total. The standard InChI is InChI=1S/C13H9ClFN3OS/c14-8-2-1-3-9(15)11(8)18-13(19)10-5-4-7(6-17-10)12(16)20/h1-6H,(H2,16,20)(H,18,19). The second-order valence-electron chi connectivity index (χ2n) is 3.85. The molecule has 0 saturated heterocycles. The van der Waals surface area contributed by atoms with Gasteiger partial charge in [-0.2, -0.15) is 0 Å². The van der Waals surface area contributed by atoms with Crippen LogP contribution in [0.25, 0.3) is 0 Å². The van der Waals surface area contributed by atoms with Crippen LogP contribution in [0, 0.1) is 5.82 Å². The SMILES string of the molecule is NC(=S)c1ccc(C(=O)Nc2c(F)cccc2Cl)nc1. The molecule has 0 bridgehead atoms. The van der Waals surface area contributed by atoms with Crippen molar-refractivity contribution in [3.8, 4) is 0 Å². The summed E-state index contributed by atoms with van der Waals surface area (Å²) in [4.78, 5) is 16.0. The van der Waals surface area contributed by atoms with Gasteiger partial charge in [0.1, 0.15) is 16.5 Å². The number of carbonyl (C=O) groups excluding carboxylic acids is 1. The lowest BCUT2D eigenvalue weighted by Gasteiger charge is -2.08. The number of rotatable bonds is 3. The van der Waals surface area contributed by atoms with Gasteiger partial charge in [0.2, 0.25) is 0 Å².